The van der Waals surface area contributed by atoms with Gasteiger partial charge in [-0.05, 0) is 42.5 Å². The van der Waals surface area contributed by atoms with Gasteiger partial charge in [0.25, 0.3) is 0 Å². The second-order valence-electron chi connectivity index (χ2n) is 5.60. The summed E-state index contributed by atoms with van der Waals surface area (Å²) in [5, 5.41) is 3.17. The molecule has 0 saturated heterocycles. The number of aldehydes is 1. The van der Waals surface area contributed by atoms with Crippen LogP contribution in [0.5, 0.6) is 0 Å². The Morgan fingerprint density at radius 2 is 1.55 bits per heavy atom. The number of hydrogen-bond acceptors (Lipinski definition) is 2. The average molecular weight is 344 g/mol. The summed E-state index contributed by atoms with van der Waals surface area (Å²) >= 11 is 3.45. The quantitative estimate of drug-likeness (QED) is 0.692. The molecule has 0 aliphatic heterocycles. The van der Waals surface area contributed by atoms with E-state index < -0.39 is 0 Å². The molecule has 1 N–H and O–H groups in total. The molecule has 0 saturated carbocycles. The molecular weight excluding hydrogens is 314 g/mol. The Kier molecular flexibility index (Phi) is 11.7. The highest BCUT2D eigenvalue weighted by Gasteiger charge is 2.06. The van der Waals surface area contributed by atoms with Crippen LogP contribution in [0.25, 0.3) is 0 Å². The minimum absolute atomic E-state index is 0.182. The lowest BCUT2D eigenvalue weighted by molar-refractivity contribution is -0.109. The van der Waals surface area contributed by atoms with E-state index in [9.17, 15) is 4.79 Å². The van der Waals surface area contributed by atoms with Crippen LogP contribution in [0.3, 0.4) is 0 Å². The summed E-state index contributed by atoms with van der Waals surface area (Å²) in [6.07, 6.45) is 1.62. The summed E-state index contributed by atoms with van der Waals surface area (Å²) < 4.78 is 1.14. The SMILES string of the molecule is CC.CC(C)(C)CC=O.CNc1c(C)cc(Br)cc1C. The standard InChI is InChI=1S/C9H12BrN.C6H12O.C2H6/c1-6-4-8(10)5-7(2)9(6)11-3;1-6(2,3)4-5-7;1-2/h4-5,11H,1-3H3;5H,4H2,1-3H3;1-2H3. The molecule has 0 aromatic heterocycles. The first-order chi connectivity index (χ1) is 9.21. The molecule has 0 atom stereocenters. The van der Waals surface area contributed by atoms with Crippen molar-refractivity contribution in [1.82, 2.24) is 0 Å². The van der Waals surface area contributed by atoms with Crippen LogP contribution in [0.4, 0.5) is 5.69 Å². The smallest absolute Gasteiger partial charge is 0.120 e. The number of anilines is 1. The second-order valence-corrected chi connectivity index (χ2v) is 6.51. The highest BCUT2D eigenvalue weighted by atomic mass is 79.9. The van der Waals surface area contributed by atoms with Gasteiger partial charge in [-0.1, -0.05) is 50.5 Å². The maximum absolute atomic E-state index is 9.82. The molecule has 3 heteroatoms. The average Bonchev–Trinajstić information content (AvgIpc) is 2.30. The van der Waals surface area contributed by atoms with Gasteiger partial charge in [0, 0.05) is 23.6 Å². The van der Waals surface area contributed by atoms with E-state index in [0.717, 1.165) is 10.8 Å². The zero-order valence-electron chi connectivity index (χ0n) is 14.2. The molecule has 0 aliphatic rings. The summed E-state index contributed by atoms with van der Waals surface area (Å²) in [6.45, 7) is 14.3. The van der Waals surface area contributed by atoms with Gasteiger partial charge in [0.1, 0.15) is 6.29 Å². The van der Waals surface area contributed by atoms with E-state index in [0.29, 0.717) is 6.42 Å². The molecule has 0 fully saturated rings. The first-order valence-electron chi connectivity index (χ1n) is 7.09. The first-order valence-corrected chi connectivity index (χ1v) is 7.88. The first kappa shape index (κ1) is 21.5. The zero-order chi connectivity index (χ0) is 16.3. The lowest BCUT2D eigenvalue weighted by Gasteiger charge is -2.11. The second kappa shape index (κ2) is 10.9. The Morgan fingerprint density at radius 3 is 1.75 bits per heavy atom. The van der Waals surface area contributed by atoms with Gasteiger partial charge >= 0.3 is 0 Å². The molecule has 1 aromatic rings. The molecule has 20 heavy (non-hydrogen) atoms. The van der Waals surface area contributed by atoms with E-state index in [1.807, 2.05) is 41.7 Å². The van der Waals surface area contributed by atoms with Crippen LogP contribution in [0, 0.1) is 19.3 Å². The van der Waals surface area contributed by atoms with Crippen molar-refractivity contribution in [3.63, 3.8) is 0 Å². The molecular formula is C17H30BrNO. The third-order valence-corrected chi connectivity index (χ3v) is 2.90. The molecule has 116 valence electrons. The summed E-state index contributed by atoms with van der Waals surface area (Å²) in [6, 6.07) is 4.22. The van der Waals surface area contributed by atoms with Crippen LogP contribution in [-0.2, 0) is 4.79 Å². The van der Waals surface area contributed by atoms with Crippen LogP contribution in [0.15, 0.2) is 16.6 Å². The van der Waals surface area contributed by atoms with E-state index in [-0.39, 0.29) is 5.41 Å². The maximum atomic E-state index is 9.82. The highest BCUT2D eigenvalue weighted by Crippen LogP contribution is 2.24. The number of nitrogens with one attached hydrogen (secondary N) is 1. The minimum atomic E-state index is 0.182. The summed E-state index contributed by atoms with van der Waals surface area (Å²) in [7, 11) is 1.95. The van der Waals surface area contributed by atoms with Crippen molar-refractivity contribution in [1.29, 1.82) is 0 Å². The maximum Gasteiger partial charge on any atom is 0.120 e. The topological polar surface area (TPSA) is 29.1 Å². The normalized spacial score (nSPS) is 9.65. The number of rotatable bonds is 2. The van der Waals surface area contributed by atoms with Crippen LogP contribution in [0.2, 0.25) is 0 Å². The number of aryl methyl sites for hydroxylation is 2. The molecule has 0 amide bonds. The number of carbonyl (C=O) groups is 1. The van der Waals surface area contributed by atoms with Crippen LogP contribution >= 0.6 is 15.9 Å². The van der Waals surface area contributed by atoms with Gasteiger partial charge in [-0.25, -0.2) is 0 Å². The molecule has 0 aliphatic carbocycles. The molecule has 1 rings (SSSR count). The van der Waals surface area contributed by atoms with Crippen LogP contribution < -0.4 is 5.32 Å². The number of hydrogen-bond donors (Lipinski definition) is 1. The number of carbonyl (C=O) groups excluding carboxylic acids is 1. The molecule has 0 heterocycles. The Hall–Kier alpha value is -0.830. The van der Waals surface area contributed by atoms with Crippen molar-refractivity contribution in [2.24, 2.45) is 5.41 Å². The third-order valence-electron chi connectivity index (χ3n) is 2.44. The van der Waals surface area contributed by atoms with E-state index in [1.165, 1.54) is 16.8 Å². The van der Waals surface area contributed by atoms with Crippen molar-refractivity contribution in [3.8, 4) is 0 Å². The Balaban J connectivity index is 0. The predicted octanol–water partition coefficient (Wildman–Crippen LogP) is 5.76. The third kappa shape index (κ3) is 10.0. The summed E-state index contributed by atoms with van der Waals surface area (Å²) in [5.41, 5.74) is 3.97. The largest absolute Gasteiger partial charge is 0.388 e. The zero-order valence-corrected chi connectivity index (χ0v) is 15.8. The van der Waals surface area contributed by atoms with Gasteiger partial charge in [0.2, 0.25) is 0 Å². The Labute approximate surface area is 133 Å². The summed E-state index contributed by atoms with van der Waals surface area (Å²) in [4.78, 5) is 9.82. The monoisotopic (exact) mass is 343 g/mol. The number of halogens is 1. The van der Waals surface area contributed by atoms with Gasteiger partial charge < -0.3 is 10.1 Å². The number of benzene rings is 1. The minimum Gasteiger partial charge on any atom is -0.388 e. The van der Waals surface area contributed by atoms with Gasteiger partial charge in [0.15, 0.2) is 0 Å². The molecule has 1 aromatic carbocycles. The van der Waals surface area contributed by atoms with Crippen molar-refractivity contribution in [2.45, 2.75) is 54.9 Å². The lowest BCUT2D eigenvalue weighted by atomic mass is 9.93. The van der Waals surface area contributed by atoms with Gasteiger partial charge in [-0.3, -0.25) is 0 Å². The van der Waals surface area contributed by atoms with E-state index in [1.54, 1.807) is 0 Å². The Bertz CT molecular complexity index is 371. The van der Waals surface area contributed by atoms with E-state index >= 15 is 0 Å². The molecule has 2 nitrogen and oxygen atoms in total. The fraction of sp³-hybridized carbons (Fsp3) is 0.588. The fourth-order valence-electron chi connectivity index (χ4n) is 1.56. The van der Waals surface area contributed by atoms with Crippen LogP contribution in [0.1, 0.15) is 52.2 Å². The van der Waals surface area contributed by atoms with E-state index in [2.05, 4.69) is 47.2 Å². The lowest BCUT2D eigenvalue weighted by Crippen LogP contribution is -2.04. The van der Waals surface area contributed by atoms with Gasteiger partial charge in [0.05, 0.1) is 0 Å². The molecule has 0 unspecified atom stereocenters. The summed E-state index contributed by atoms with van der Waals surface area (Å²) in [5.74, 6) is 0. The van der Waals surface area contributed by atoms with Crippen molar-refractivity contribution in [2.75, 3.05) is 12.4 Å². The Morgan fingerprint density at radius 1 is 1.15 bits per heavy atom. The van der Waals surface area contributed by atoms with Crippen LogP contribution in [-0.4, -0.2) is 13.3 Å². The van der Waals surface area contributed by atoms with Gasteiger partial charge in [-0.2, -0.15) is 0 Å². The van der Waals surface area contributed by atoms with Crippen molar-refractivity contribution in [3.05, 3.63) is 27.7 Å². The van der Waals surface area contributed by atoms with E-state index in [4.69, 9.17) is 0 Å². The van der Waals surface area contributed by atoms with Crippen molar-refractivity contribution >= 4 is 27.9 Å². The van der Waals surface area contributed by atoms with Crippen molar-refractivity contribution < 1.29 is 4.79 Å². The van der Waals surface area contributed by atoms with Gasteiger partial charge in [-0.15, -0.1) is 0 Å². The predicted molar refractivity (Wildman–Crippen MR) is 94.6 cm³/mol. The highest BCUT2D eigenvalue weighted by molar-refractivity contribution is 9.10. The molecule has 0 radical (unpaired) electrons. The molecule has 0 spiro atoms. The molecule has 0 bridgehead atoms. The fourth-order valence-corrected chi connectivity index (χ4v) is 2.24.